The van der Waals surface area contributed by atoms with Gasteiger partial charge in [-0.1, -0.05) is 114 Å². The number of hydrogen-bond acceptors (Lipinski definition) is 3. The third-order valence-electron chi connectivity index (χ3n) is 15.7. The van der Waals surface area contributed by atoms with Crippen LogP contribution in [0.2, 0.25) is 0 Å². The van der Waals surface area contributed by atoms with Crippen molar-refractivity contribution in [2.24, 2.45) is 35.5 Å². The summed E-state index contributed by atoms with van der Waals surface area (Å²) in [6.07, 6.45) is 42.1. The van der Waals surface area contributed by atoms with Crippen LogP contribution in [-0.4, -0.2) is 41.7 Å². The van der Waals surface area contributed by atoms with Crippen molar-refractivity contribution >= 4 is 11.3 Å². The molecule has 0 N–H and O–H groups in total. The SMILES string of the molecule is C/C=C\C(OCC)=C(/CC)c1ccc(N(C2CCCCC(C3CCC4C(CCC)C(C)N(C5CCCCC5)C4C3)C2)C2CCCCC3C=CC=CC32)cc1. The highest BCUT2D eigenvalue weighted by Crippen LogP contribution is 2.52. The van der Waals surface area contributed by atoms with Crippen LogP contribution in [-0.2, 0) is 4.74 Å². The molecule has 298 valence electrons. The average Bonchev–Trinajstić information content (AvgIpc) is 3.40. The minimum Gasteiger partial charge on any atom is -0.494 e. The molecular formula is C51H78N2O. The van der Waals surface area contributed by atoms with E-state index in [9.17, 15) is 0 Å². The van der Waals surface area contributed by atoms with E-state index in [4.69, 9.17) is 4.74 Å². The van der Waals surface area contributed by atoms with E-state index in [0.29, 0.717) is 30.5 Å². The summed E-state index contributed by atoms with van der Waals surface area (Å²) in [6.45, 7) is 12.3. The number of hydrogen-bond donors (Lipinski definition) is 0. The van der Waals surface area contributed by atoms with Gasteiger partial charge in [0.1, 0.15) is 5.76 Å². The van der Waals surface area contributed by atoms with Crippen molar-refractivity contribution in [2.45, 2.75) is 193 Å². The molecular weight excluding hydrogens is 657 g/mol. The minimum absolute atomic E-state index is 0.569. The molecule has 1 saturated heterocycles. The molecule has 1 aliphatic heterocycles. The van der Waals surface area contributed by atoms with Gasteiger partial charge in [-0.15, -0.1) is 0 Å². The Hall–Kier alpha value is -2.26. The van der Waals surface area contributed by atoms with Gasteiger partial charge in [-0.05, 0) is 145 Å². The first kappa shape index (κ1) is 40.0. The van der Waals surface area contributed by atoms with Crippen LogP contribution < -0.4 is 4.90 Å². The van der Waals surface area contributed by atoms with Gasteiger partial charge in [0, 0.05) is 47.4 Å². The Kier molecular flexibility index (Phi) is 14.2. The van der Waals surface area contributed by atoms with Gasteiger partial charge in [0.15, 0.2) is 0 Å². The maximum atomic E-state index is 6.17. The smallest absolute Gasteiger partial charge is 0.122 e. The van der Waals surface area contributed by atoms with Gasteiger partial charge >= 0.3 is 0 Å². The van der Waals surface area contributed by atoms with Crippen LogP contribution in [0.5, 0.6) is 0 Å². The van der Waals surface area contributed by atoms with E-state index in [1.54, 1.807) is 0 Å². The minimum atomic E-state index is 0.569. The van der Waals surface area contributed by atoms with Gasteiger partial charge in [-0.2, -0.15) is 0 Å². The third kappa shape index (κ3) is 8.67. The van der Waals surface area contributed by atoms with Gasteiger partial charge < -0.3 is 9.64 Å². The summed E-state index contributed by atoms with van der Waals surface area (Å²) in [5, 5.41) is 0. The van der Waals surface area contributed by atoms with E-state index in [1.807, 2.05) is 0 Å². The molecule has 3 nitrogen and oxygen atoms in total. The molecule has 7 rings (SSSR count). The van der Waals surface area contributed by atoms with Crippen molar-refractivity contribution in [3.05, 3.63) is 72.0 Å². The van der Waals surface area contributed by atoms with Gasteiger partial charge in [0.05, 0.1) is 6.61 Å². The number of nitrogens with zero attached hydrogens (tertiary/aromatic N) is 2. The summed E-state index contributed by atoms with van der Waals surface area (Å²) in [5.74, 6) is 5.95. The van der Waals surface area contributed by atoms with E-state index in [1.165, 1.54) is 139 Å². The average molecular weight is 735 g/mol. The predicted molar refractivity (Wildman–Crippen MR) is 232 cm³/mol. The van der Waals surface area contributed by atoms with E-state index in [-0.39, 0.29) is 0 Å². The van der Waals surface area contributed by atoms with Gasteiger partial charge in [0.25, 0.3) is 0 Å². The zero-order valence-electron chi connectivity index (χ0n) is 35.3. The molecule has 1 aromatic rings. The maximum absolute atomic E-state index is 6.17. The number of likely N-dealkylation sites (tertiary alicyclic amines) is 1. The van der Waals surface area contributed by atoms with Crippen molar-refractivity contribution in [1.29, 1.82) is 0 Å². The summed E-state index contributed by atoms with van der Waals surface area (Å²) < 4.78 is 6.17. The van der Waals surface area contributed by atoms with Crippen molar-refractivity contribution in [1.82, 2.24) is 4.90 Å². The van der Waals surface area contributed by atoms with Crippen LogP contribution in [0.1, 0.15) is 169 Å². The molecule has 4 saturated carbocycles. The fraction of sp³-hybridized carbons (Fsp3) is 0.725. The molecule has 1 aromatic carbocycles. The molecule has 0 radical (unpaired) electrons. The zero-order valence-corrected chi connectivity index (χ0v) is 35.3. The highest BCUT2D eigenvalue weighted by Gasteiger charge is 2.51. The molecule has 5 aliphatic carbocycles. The van der Waals surface area contributed by atoms with Crippen LogP contribution in [0.15, 0.2) is 66.5 Å². The van der Waals surface area contributed by atoms with Crippen molar-refractivity contribution in [3.63, 3.8) is 0 Å². The number of benzene rings is 1. The molecule has 3 heteroatoms. The van der Waals surface area contributed by atoms with E-state index in [2.05, 4.69) is 105 Å². The van der Waals surface area contributed by atoms with Crippen molar-refractivity contribution < 1.29 is 4.74 Å². The van der Waals surface area contributed by atoms with E-state index >= 15 is 0 Å². The van der Waals surface area contributed by atoms with Crippen LogP contribution in [0.3, 0.4) is 0 Å². The Morgan fingerprint density at radius 1 is 0.796 bits per heavy atom. The third-order valence-corrected chi connectivity index (χ3v) is 15.7. The standard InChI is InChI=1S/C51H78N2O/c1-6-19-46-37(5)52(42-24-11-10-12-25-42)50-36-41(31-34-48(46)50)40-23-13-16-26-44(35-40)53(49-28-18-15-22-38-21-14-17-27-47(38)49)43-32-29-39(30-33-43)45(8-3)51(20-7-2)54-9-4/h7,14,17,20-21,27,29-30,32-33,37-38,40-42,44,46-50H,6,8-13,15-16,18-19,22-26,28,31,34-36H2,1-5H3/b20-7-,51-45-. The van der Waals surface area contributed by atoms with Crippen molar-refractivity contribution in [3.8, 4) is 0 Å². The zero-order chi connectivity index (χ0) is 37.4. The summed E-state index contributed by atoms with van der Waals surface area (Å²) in [7, 11) is 0. The summed E-state index contributed by atoms with van der Waals surface area (Å²) in [4.78, 5) is 6.23. The van der Waals surface area contributed by atoms with E-state index in [0.717, 1.165) is 54.0 Å². The molecule has 10 atom stereocenters. The first-order valence-corrected chi connectivity index (χ1v) is 23.6. The molecule has 54 heavy (non-hydrogen) atoms. The fourth-order valence-corrected chi connectivity index (χ4v) is 13.4. The molecule has 0 spiro atoms. The Morgan fingerprint density at radius 3 is 2.28 bits per heavy atom. The number of rotatable bonds is 12. The van der Waals surface area contributed by atoms with Gasteiger partial charge in [-0.3, -0.25) is 4.90 Å². The van der Waals surface area contributed by atoms with Crippen molar-refractivity contribution in [2.75, 3.05) is 11.5 Å². The second kappa shape index (κ2) is 19.3. The first-order valence-electron chi connectivity index (χ1n) is 23.6. The normalized spacial score (nSPS) is 35.6. The lowest BCUT2D eigenvalue weighted by Crippen LogP contribution is -2.50. The highest BCUT2D eigenvalue weighted by atomic mass is 16.5. The lowest BCUT2D eigenvalue weighted by Gasteiger charge is -2.47. The molecule has 1 heterocycles. The van der Waals surface area contributed by atoms with Gasteiger partial charge in [-0.25, -0.2) is 0 Å². The van der Waals surface area contributed by atoms with Crippen LogP contribution in [0.25, 0.3) is 5.57 Å². The van der Waals surface area contributed by atoms with Gasteiger partial charge in [0.2, 0.25) is 0 Å². The number of anilines is 1. The summed E-state index contributed by atoms with van der Waals surface area (Å²) >= 11 is 0. The number of allylic oxidation sites excluding steroid dienone is 6. The summed E-state index contributed by atoms with van der Waals surface area (Å²) in [5.41, 5.74) is 4.10. The Morgan fingerprint density at radius 2 is 1.52 bits per heavy atom. The molecule has 10 unspecified atom stereocenters. The molecule has 0 bridgehead atoms. The van der Waals surface area contributed by atoms with Crippen LogP contribution in [0, 0.1) is 35.5 Å². The fourth-order valence-electron chi connectivity index (χ4n) is 13.4. The highest BCUT2D eigenvalue weighted by molar-refractivity contribution is 5.71. The number of fused-ring (bicyclic) bond motifs is 2. The van der Waals surface area contributed by atoms with Crippen LogP contribution in [0.4, 0.5) is 5.69 Å². The lowest BCUT2D eigenvalue weighted by molar-refractivity contribution is 0.0513. The topological polar surface area (TPSA) is 15.7 Å². The first-order chi connectivity index (χ1) is 26.6. The second-order valence-electron chi connectivity index (χ2n) is 18.6. The Balaban J connectivity index is 1.18. The predicted octanol–water partition coefficient (Wildman–Crippen LogP) is 13.7. The summed E-state index contributed by atoms with van der Waals surface area (Å²) in [6, 6.07) is 13.5. The largest absolute Gasteiger partial charge is 0.494 e. The monoisotopic (exact) mass is 735 g/mol. The quantitative estimate of drug-likeness (QED) is 0.121. The Bertz CT molecular complexity index is 1430. The molecule has 6 aliphatic rings. The lowest BCUT2D eigenvalue weighted by atomic mass is 9.68. The van der Waals surface area contributed by atoms with E-state index < -0.39 is 0 Å². The maximum Gasteiger partial charge on any atom is 0.122 e. The molecule has 0 amide bonds. The number of ether oxygens (including phenoxy) is 1. The van der Waals surface area contributed by atoms with Crippen LogP contribution >= 0.6 is 0 Å². The molecule has 0 aromatic heterocycles. The second-order valence-corrected chi connectivity index (χ2v) is 18.6. The Labute approximate surface area is 332 Å². The molecule has 5 fully saturated rings.